The molecule has 3 unspecified atom stereocenters. The Morgan fingerprint density at radius 2 is 2.10 bits per heavy atom. The molecule has 114 valence electrons. The van der Waals surface area contributed by atoms with Crippen LogP contribution in [0.3, 0.4) is 0 Å². The summed E-state index contributed by atoms with van der Waals surface area (Å²) in [5, 5.41) is 3.55. The van der Waals surface area contributed by atoms with E-state index in [0.29, 0.717) is 18.1 Å². The van der Waals surface area contributed by atoms with E-state index in [1.807, 2.05) is 0 Å². The second kappa shape index (κ2) is 5.98. The molecule has 1 N–H and O–H groups in total. The van der Waals surface area contributed by atoms with E-state index < -0.39 is 0 Å². The SMILES string of the molecule is c1ccc2c(c1)NCC2CCN1CCOC2CCCCC21. The number of anilines is 1. The summed E-state index contributed by atoms with van der Waals surface area (Å²) in [6.07, 6.45) is 7.14. The normalized spacial score (nSPS) is 32.3. The maximum atomic E-state index is 5.99. The highest BCUT2D eigenvalue weighted by Gasteiger charge is 2.34. The quantitative estimate of drug-likeness (QED) is 0.923. The molecule has 0 amide bonds. The van der Waals surface area contributed by atoms with E-state index in [4.69, 9.17) is 4.74 Å². The van der Waals surface area contributed by atoms with Crippen molar-refractivity contribution >= 4 is 5.69 Å². The predicted molar refractivity (Wildman–Crippen MR) is 85.9 cm³/mol. The van der Waals surface area contributed by atoms with Crippen molar-refractivity contribution in [2.45, 2.75) is 50.2 Å². The molecule has 1 saturated carbocycles. The summed E-state index contributed by atoms with van der Waals surface area (Å²) in [7, 11) is 0. The molecule has 4 rings (SSSR count). The number of morpholine rings is 1. The van der Waals surface area contributed by atoms with Crippen molar-refractivity contribution < 1.29 is 4.74 Å². The zero-order chi connectivity index (χ0) is 14.1. The van der Waals surface area contributed by atoms with Crippen LogP contribution in [-0.4, -0.2) is 43.3 Å². The maximum Gasteiger partial charge on any atom is 0.0730 e. The molecular formula is C18H26N2O. The average Bonchev–Trinajstić information content (AvgIpc) is 2.96. The Hall–Kier alpha value is -1.06. The molecule has 0 bridgehead atoms. The van der Waals surface area contributed by atoms with Crippen molar-refractivity contribution in [2.24, 2.45) is 0 Å². The number of rotatable bonds is 3. The van der Waals surface area contributed by atoms with Crippen molar-refractivity contribution in [1.29, 1.82) is 0 Å². The molecule has 1 aromatic rings. The second-order valence-corrected chi connectivity index (χ2v) is 6.75. The molecule has 1 aromatic carbocycles. The number of hydrogen-bond donors (Lipinski definition) is 1. The van der Waals surface area contributed by atoms with Crippen LogP contribution in [0, 0.1) is 0 Å². The van der Waals surface area contributed by atoms with Crippen LogP contribution in [0.2, 0.25) is 0 Å². The van der Waals surface area contributed by atoms with Gasteiger partial charge in [-0.3, -0.25) is 4.90 Å². The lowest BCUT2D eigenvalue weighted by Crippen LogP contribution is -2.52. The zero-order valence-corrected chi connectivity index (χ0v) is 12.8. The van der Waals surface area contributed by atoms with Crippen molar-refractivity contribution in [2.75, 3.05) is 31.6 Å². The zero-order valence-electron chi connectivity index (χ0n) is 12.8. The van der Waals surface area contributed by atoms with Gasteiger partial charge in [0.25, 0.3) is 0 Å². The number of benzene rings is 1. The molecule has 3 aliphatic rings. The van der Waals surface area contributed by atoms with Crippen LogP contribution in [0.1, 0.15) is 43.6 Å². The molecule has 3 heteroatoms. The fourth-order valence-electron chi connectivity index (χ4n) is 4.39. The van der Waals surface area contributed by atoms with Gasteiger partial charge in [0.05, 0.1) is 12.7 Å². The van der Waals surface area contributed by atoms with E-state index >= 15 is 0 Å². The first-order valence-electron chi connectivity index (χ1n) is 8.60. The standard InChI is InChI=1S/C18H26N2O/c1-2-6-16-15(5-1)14(13-19-16)9-10-20-11-12-21-18-8-4-3-7-17(18)20/h1-2,5-6,14,17-19H,3-4,7-13H2. The van der Waals surface area contributed by atoms with E-state index in [0.717, 1.165) is 19.7 Å². The molecule has 2 fully saturated rings. The van der Waals surface area contributed by atoms with Crippen molar-refractivity contribution in [1.82, 2.24) is 4.90 Å². The number of para-hydroxylation sites is 1. The Morgan fingerprint density at radius 1 is 1.19 bits per heavy atom. The number of fused-ring (bicyclic) bond motifs is 2. The summed E-state index contributed by atoms with van der Waals surface area (Å²) in [6, 6.07) is 9.49. The summed E-state index contributed by atoms with van der Waals surface area (Å²) in [5.74, 6) is 0.686. The van der Waals surface area contributed by atoms with Crippen LogP contribution < -0.4 is 5.32 Å². The number of nitrogens with zero attached hydrogens (tertiary/aromatic N) is 1. The highest BCUT2D eigenvalue weighted by atomic mass is 16.5. The maximum absolute atomic E-state index is 5.99. The summed E-state index contributed by atoms with van der Waals surface area (Å²) >= 11 is 0. The van der Waals surface area contributed by atoms with Gasteiger partial charge in [-0.05, 0) is 37.4 Å². The number of hydrogen-bond acceptors (Lipinski definition) is 3. The number of ether oxygens (including phenoxy) is 1. The monoisotopic (exact) mass is 286 g/mol. The Kier molecular flexibility index (Phi) is 3.87. The second-order valence-electron chi connectivity index (χ2n) is 6.75. The first kappa shape index (κ1) is 13.6. The molecule has 21 heavy (non-hydrogen) atoms. The van der Waals surface area contributed by atoms with Gasteiger partial charge in [-0.15, -0.1) is 0 Å². The largest absolute Gasteiger partial charge is 0.384 e. The van der Waals surface area contributed by atoms with Crippen LogP contribution in [0.4, 0.5) is 5.69 Å². The first-order chi connectivity index (χ1) is 10.4. The van der Waals surface area contributed by atoms with E-state index in [2.05, 4.69) is 34.5 Å². The third-order valence-corrected chi connectivity index (χ3v) is 5.55. The van der Waals surface area contributed by atoms with Crippen LogP contribution in [0.25, 0.3) is 0 Å². The molecule has 3 nitrogen and oxygen atoms in total. The van der Waals surface area contributed by atoms with Gasteiger partial charge in [0, 0.05) is 30.7 Å². The molecule has 3 atom stereocenters. The minimum absolute atomic E-state index is 0.515. The Balaban J connectivity index is 1.38. The van der Waals surface area contributed by atoms with Gasteiger partial charge in [-0.2, -0.15) is 0 Å². The van der Waals surface area contributed by atoms with Crippen LogP contribution in [0.15, 0.2) is 24.3 Å². The van der Waals surface area contributed by atoms with Gasteiger partial charge >= 0.3 is 0 Å². The van der Waals surface area contributed by atoms with E-state index in [9.17, 15) is 0 Å². The Bertz CT molecular complexity index is 488. The molecule has 1 saturated heterocycles. The first-order valence-corrected chi connectivity index (χ1v) is 8.60. The van der Waals surface area contributed by atoms with Gasteiger partial charge in [0.2, 0.25) is 0 Å². The summed E-state index contributed by atoms with van der Waals surface area (Å²) in [6.45, 7) is 4.40. The third kappa shape index (κ3) is 2.69. The molecule has 1 aliphatic carbocycles. The van der Waals surface area contributed by atoms with Crippen molar-refractivity contribution in [3.8, 4) is 0 Å². The summed E-state index contributed by atoms with van der Waals surface area (Å²) in [5.41, 5.74) is 2.87. The van der Waals surface area contributed by atoms with Crippen molar-refractivity contribution in [3.05, 3.63) is 29.8 Å². The van der Waals surface area contributed by atoms with Crippen LogP contribution in [0.5, 0.6) is 0 Å². The van der Waals surface area contributed by atoms with Crippen LogP contribution >= 0.6 is 0 Å². The average molecular weight is 286 g/mol. The predicted octanol–water partition coefficient (Wildman–Crippen LogP) is 3.23. The summed E-state index contributed by atoms with van der Waals surface area (Å²) < 4.78 is 5.99. The highest BCUT2D eigenvalue weighted by molar-refractivity contribution is 5.57. The minimum atomic E-state index is 0.515. The number of nitrogens with one attached hydrogen (secondary N) is 1. The fourth-order valence-corrected chi connectivity index (χ4v) is 4.39. The fraction of sp³-hybridized carbons (Fsp3) is 0.667. The molecule has 0 spiro atoms. The Labute approximate surface area is 127 Å². The van der Waals surface area contributed by atoms with Gasteiger partial charge in [-0.25, -0.2) is 0 Å². The molecular weight excluding hydrogens is 260 g/mol. The van der Waals surface area contributed by atoms with E-state index in [1.165, 1.54) is 49.9 Å². The van der Waals surface area contributed by atoms with Gasteiger partial charge in [-0.1, -0.05) is 31.0 Å². The van der Waals surface area contributed by atoms with Gasteiger partial charge in [0.1, 0.15) is 0 Å². The van der Waals surface area contributed by atoms with E-state index in [-0.39, 0.29) is 0 Å². The smallest absolute Gasteiger partial charge is 0.0730 e. The van der Waals surface area contributed by atoms with Crippen LogP contribution in [-0.2, 0) is 4.74 Å². The topological polar surface area (TPSA) is 24.5 Å². The molecule has 0 aromatic heterocycles. The molecule has 2 aliphatic heterocycles. The lowest BCUT2D eigenvalue weighted by atomic mass is 9.89. The minimum Gasteiger partial charge on any atom is -0.384 e. The summed E-state index contributed by atoms with van der Waals surface area (Å²) in [4.78, 5) is 2.72. The lowest BCUT2D eigenvalue weighted by Gasteiger charge is -2.44. The lowest BCUT2D eigenvalue weighted by molar-refractivity contribution is -0.0884. The van der Waals surface area contributed by atoms with Crippen molar-refractivity contribution in [3.63, 3.8) is 0 Å². The molecule has 0 radical (unpaired) electrons. The van der Waals surface area contributed by atoms with E-state index in [1.54, 1.807) is 0 Å². The van der Waals surface area contributed by atoms with Gasteiger partial charge in [0.15, 0.2) is 0 Å². The van der Waals surface area contributed by atoms with Gasteiger partial charge < -0.3 is 10.1 Å². The molecule has 2 heterocycles. The Morgan fingerprint density at radius 3 is 3.10 bits per heavy atom. The highest BCUT2D eigenvalue weighted by Crippen LogP contribution is 2.34. The third-order valence-electron chi connectivity index (χ3n) is 5.55.